The molecule has 210 valence electrons. The van der Waals surface area contributed by atoms with E-state index in [4.69, 9.17) is 25.8 Å². The molecule has 0 radical (unpaired) electrons. The fourth-order valence-corrected chi connectivity index (χ4v) is 5.83. The summed E-state index contributed by atoms with van der Waals surface area (Å²) in [4.78, 5) is 31.9. The van der Waals surface area contributed by atoms with E-state index in [0.29, 0.717) is 37.7 Å². The predicted octanol–water partition coefficient (Wildman–Crippen LogP) is 5.18. The third-order valence-corrected chi connectivity index (χ3v) is 7.89. The van der Waals surface area contributed by atoms with Crippen LogP contribution in [0.25, 0.3) is 6.08 Å². The van der Waals surface area contributed by atoms with E-state index in [0.717, 1.165) is 5.56 Å². The van der Waals surface area contributed by atoms with E-state index in [9.17, 15) is 14.0 Å². The van der Waals surface area contributed by atoms with Crippen LogP contribution in [0.5, 0.6) is 11.5 Å². The van der Waals surface area contributed by atoms with Crippen molar-refractivity contribution in [3.63, 3.8) is 0 Å². The normalized spacial score (nSPS) is 14.9. The number of methoxy groups -OCH3 is 1. The number of aromatic nitrogens is 1. The van der Waals surface area contributed by atoms with Gasteiger partial charge in [-0.3, -0.25) is 9.36 Å². The molecule has 0 saturated carbocycles. The maximum absolute atomic E-state index is 14.2. The lowest BCUT2D eigenvalue weighted by Crippen LogP contribution is -2.39. The number of allylic oxidation sites excluding steroid dienone is 1. The topological polar surface area (TPSA) is 79.1 Å². The highest BCUT2D eigenvalue weighted by atomic mass is 35.5. The third kappa shape index (κ3) is 5.82. The first-order valence-corrected chi connectivity index (χ1v) is 14.0. The average molecular weight is 593 g/mol. The third-order valence-electron chi connectivity index (χ3n) is 6.55. The lowest BCUT2D eigenvalue weighted by atomic mass is 9.96. The van der Waals surface area contributed by atoms with E-state index in [1.807, 2.05) is 18.2 Å². The summed E-state index contributed by atoms with van der Waals surface area (Å²) in [6.45, 7) is 3.61. The highest BCUT2D eigenvalue weighted by Crippen LogP contribution is 2.31. The van der Waals surface area contributed by atoms with Crippen LogP contribution in [-0.4, -0.2) is 24.3 Å². The van der Waals surface area contributed by atoms with Crippen LogP contribution in [0.1, 0.15) is 36.6 Å². The number of nitrogens with zero attached hydrogens (tertiary/aromatic N) is 2. The Morgan fingerprint density at radius 1 is 1.12 bits per heavy atom. The van der Waals surface area contributed by atoms with Crippen molar-refractivity contribution in [3.8, 4) is 11.5 Å². The summed E-state index contributed by atoms with van der Waals surface area (Å²) in [5.74, 6) is 0.170. The van der Waals surface area contributed by atoms with E-state index in [1.54, 1.807) is 63.4 Å². The van der Waals surface area contributed by atoms with Gasteiger partial charge in [0.2, 0.25) is 0 Å². The van der Waals surface area contributed by atoms with Crippen LogP contribution in [0.4, 0.5) is 4.39 Å². The Morgan fingerprint density at radius 2 is 1.88 bits per heavy atom. The molecule has 1 unspecified atom stereocenters. The van der Waals surface area contributed by atoms with Crippen molar-refractivity contribution in [1.82, 2.24) is 4.57 Å². The molecule has 7 nitrogen and oxygen atoms in total. The molecule has 3 aromatic carbocycles. The zero-order valence-corrected chi connectivity index (χ0v) is 24.1. The highest BCUT2D eigenvalue weighted by Gasteiger charge is 2.33. The van der Waals surface area contributed by atoms with Gasteiger partial charge in [-0.15, -0.1) is 0 Å². The quantitative estimate of drug-likeness (QED) is 0.264. The Labute approximate surface area is 244 Å². The fraction of sp³-hybridized carbons (Fsp3) is 0.194. The summed E-state index contributed by atoms with van der Waals surface area (Å²) in [6.07, 6.45) is 1.74. The van der Waals surface area contributed by atoms with Gasteiger partial charge < -0.3 is 14.2 Å². The van der Waals surface area contributed by atoms with E-state index >= 15 is 0 Å². The molecule has 1 aromatic heterocycles. The van der Waals surface area contributed by atoms with Crippen LogP contribution in [0, 0.1) is 5.82 Å². The Morgan fingerprint density at radius 3 is 2.59 bits per heavy atom. The maximum Gasteiger partial charge on any atom is 0.338 e. The molecule has 0 saturated heterocycles. The van der Waals surface area contributed by atoms with Crippen molar-refractivity contribution in [2.24, 2.45) is 4.99 Å². The number of hydrogen-bond acceptors (Lipinski definition) is 7. The van der Waals surface area contributed by atoms with E-state index in [-0.39, 0.29) is 29.4 Å². The lowest BCUT2D eigenvalue weighted by molar-refractivity contribution is -0.139. The largest absolute Gasteiger partial charge is 0.497 e. The number of carbonyl (C=O) groups excluding carboxylic acids is 1. The van der Waals surface area contributed by atoms with Crippen LogP contribution in [0.2, 0.25) is 5.02 Å². The van der Waals surface area contributed by atoms with Gasteiger partial charge in [-0.1, -0.05) is 53.3 Å². The number of rotatable bonds is 8. The van der Waals surface area contributed by atoms with Crippen molar-refractivity contribution >= 4 is 35.0 Å². The second-order valence-electron chi connectivity index (χ2n) is 9.14. The number of carbonyl (C=O) groups is 1. The average Bonchev–Trinajstić information content (AvgIpc) is 3.26. The van der Waals surface area contributed by atoms with Gasteiger partial charge in [0.25, 0.3) is 5.56 Å². The molecule has 0 spiro atoms. The Bertz CT molecular complexity index is 1810. The fourth-order valence-electron chi connectivity index (χ4n) is 4.56. The van der Waals surface area contributed by atoms with Gasteiger partial charge in [-0.05, 0) is 67.4 Å². The summed E-state index contributed by atoms with van der Waals surface area (Å²) in [5.41, 5.74) is 2.18. The molecule has 1 aliphatic rings. The van der Waals surface area contributed by atoms with Crippen molar-refractivity contribution in [1.29, 1.82) is 0 Å². The minimum Gasteiger partial charge on any atom is -0.497 e. The molecule has 1 atom stereocenters. The van der Waals surface area contributed by atoms with Crippen LogP contribution in [-0.2, 0) is 16.1 Å². The number of thiazole rings is 1. The Kier molecular flexibility index (Phi) is 8.37. The first-order chi connectivity index (χ1) is 19.8. The van der Waals surface area contributed by atoms with Crippen LogP contribution in [0.15, 0.2) is 87.8 Å². The summed E-state index contributed by atoms with van der Waals surface area (Å²) in [5, 5.41) is 0.283. The van der Waals surface area contributed by atoms with Gasteiger partial charge in [-0.2, -0.15) is 0 Å². The molecule has 0 aliphatic carbocycles. The van der Waals surface area contributed by atoms with Crippen LogP contribution < -0.4 is 24.4 Å². The SMILES string of the molecule is CCOC(=O)C1=C(C)N=c2s/c(=C/c3cccc(OCc4c(F)cccc4Cl)c3)c(=O)n2C1c1ccc(OC)cc1. The van der Waals surface area contributed by atoms with Gasteiger partial charge in [-0.25, -0.2) is 14.2 Å². The van der Waals surface area contributed by atoms with Gasteiger partial charge in [0.05, 0.1) is 40.6 Å². The monoisotopic (exact) mass is 592 g/mol. The molecule has 1 aliphatic heterocycles. The molecule has 41 heavy (non-hydrogen) atoms. The Hall–Kier alpha value is -4.21. The van der Waals surface area contributed by atoms with Gasteiger partial charge in [0.1, 0.15) is 23.9 Å². The second-order valence-corrected chi connectivity index (χ2v) is 10.6. The smallest absolute Gasteiger partial charge is 0.338 e. The van der Waals surface area contributed by atoms with Crippen molar-refractivity contribution in [3.05, 3.63) is 125 Å². The molecular weight excluding hydrogens is 567 g/mol. The van der Waals surface area contributed by atoms with E-state index in [1.165, 1.54) is 28.0 Å². The minimum absolute atomic E-state index is 0.0467. The first kappa shape index (κ1) is 28.3. The van der Waals surface area contributed by atoms with Crippen molar-refractivity contribution in [2.75, 3.05) is 13.7 Å². The summed E-state index contributed by atoms with van der Waals surface area (Å²) < 4.78 is 32.5. The highest BCUT2D eigenvalue weighted by molar-refractivity contribution is 7.07. The number of fused-ring (bicyclic) bond motifs is 1. The molecular formula is C31H26ClFN2O5S. The number of benzene rings is 3. The lowest BCUT2D eigenvalue weighted by Gasteiger charge is -2.24. The molecule has 0 amide bonds. The molecule has 0 N–H and O–H groups in total. The summed E-state index contributed by atoms with van der Waals surface area (Å²) >= 11 is 7.34. The standard InChI is InChI=1S/C31H26ClFN2O5S/c1-4-39-30(37)27-18(2)34-31-35(28(27)20-11-13-21(38-3)14-12-20)29(36)26(41-31)16-19-7-5-8-22(15-19)40-17-23-24(32)9-6-10-25(23)33/h5-16,28H,4,17H2,1-3H3/b26-16+. The molecule has 2 heterocycles. The molecule has 0 bridgehead atoms. The summed E-state index contributed by atoms with van der Waals surface area (Å²) in [7, 11) is 1.57. The number of ether oxygens (including phenoxy) is 3. The van der Waals surface area contributed by atoms with Crippen molar-refractivity contribution < 1.29 is 23.4 Å². The van der Waals surface area contributed by atoms with Crippen LogP contribution in [0.3, 0.4) is 0 Å². The minimum atomic E-state index is -0.724. The molecule has 10 heteroatoms. The zero-order valence-electron chi connectivity index (χ0n) is 22.5. The maximum atomic E-state index is 14.2. The number of esters is 1. The van der Waals surface area contributed by atoms with Crippen molar-refractivity contribution in [2.45, 2.75) is 26.5 Å². The Balaban J connectivity index is 1.54. The molecule has 4 aromatic rings. The van der Waals surface area contributed by atoms with E-state index < -0.39 is 17.8 Å². The van der Waals surface area contributed by atoms with Gasteiger partial charge in [0.15, 0.2) is 4.80 Å². The predicted molar refractivity (Wildman–Crippen MR) is 156 cm³/mol. The first-order valence-electron chi connectivity index (χ1n) is 12.8. The second kappa shape index (κ2) is 12.1. The summed E-state index contributed by atoms with van der Waals surface area (Å²) in [6, 6.07) is 18.1. The van der Waals surface area contributed by atoms with E-state index in [2.05, 4.69) is 4.99 Å². The van der Waals surface area contributed by atoms with Crippen LogP contribution >= 0.6 is 22.9 Å². The zero-order chi connectivity index (χ0) is 29.1. The number of halogens is 2. The van der Waals surface area contributed by atoms with Gasteiger partial charge >= 0.3 is 5.97 Å². The molecule has 5 rings (SSSR count). The number of hydrogen-bond donors (Lipinski definition) is 0. The van der Waals surface area contributed by atoms with Gasteiger partial charge in [0, 0.05) is 5.56 Å². The molecule has 0 fully saturated rings.